The Morgan fingerprint density at radius 1 is 1.10 bits per heavy atom. The summed E-state index contributed by atoms with van der Waals surface area (Å²) in [6.07, 6.45) is -4.40. The van der Waals surface area contributed by atoms with Gasteiger partial charge < -0.3 is 11.1 Å². The molecule has 2 aromatic carbocycles. The van der Waals surface area contributed by atoms with Crippen LogP contribution in [0.25, 0.3) is 0 Å². The first-order valence-corrected chi connectivity index (χ1v) is 6.20. The first-order chi connectivity index (χ1) is 9.38. The molecule has 0 saturated carbocycles. The molecule has 6 heteroatoms. The van der Waals surface area contributed by atoms with Crippen LogP contribution < -0.4 is 11.1 Å². The fourth-order valence-electron chi connectivity index (χ4n) is 1.72. The summed E-state index contributed by atoms with van der Waals surface area (Å²) < 4.78 is 37.5. The van der Waals surface area contributed by atoms with Gasteiger partial charge in [-0.05, 0) is 29.8 Å². The number of nitrogen functional groups attached to an aromatic ring is 1. The number of benzene rings is 2. The molecule has 3 N–H and O–H groups in total. The van der Waals surface area contributed by atoms with Gasteiger partial charge in [0.05, 0.1) is 16.3 Å². The lowest BCUT2D eigenvalue weighted by Gasteiger charge is -2.12. The number of rotatable bonds is 3. The first-order valence-electron chi connectivity index (χ1n) is 5.82. The highest BCUT2D eigenvalue weighted by Crippen LogP contribution is 2.33. The quantitative estimate of drug-likeness (QED) is 0.816. The Morgan fingerprint density at radius 2 is 1.80 bits per heavy atom. The molecule has 0 aliphatic carbocycles. The maximum atomic E-state index is 12.5. The number of nitrogens with one attached hydrogen (secondary N) is 1. The summed E-state index contributed by atoms with van der Waals surface area (Å²) in [5, 5.41) is 2.99. The SMILES string of the molecule is Nc1ccccc1CNc1ccc(C(F)(F)F)cc1Cl. The molecular formula is C14H12ClF3N2. The van der Waals surface area contributed by atoms with Crippen LogP contribution in [0.3, 0.4) is 0 Å². The third kappa shape index (κ3) is 3.36. The van der Waals surface area contributed by atoms with E-state index in [1.165, 1.54) is 6.07 Å². The van der Waals surface area contributed by atoms with Gasteiger partial charge in [-0.15, -0.1) is 0 Å². The average Bonchev–Trinajstić information content (AvgIpc) is 2.38. The van der Waals surface area contributed by atoms with E-state index in [0.717, 1.165) is 17.7 Å². The molecule has 0 fully saturated rings. The highest BCUT2D eigenvalue weighted by molar-refractivity contribution is 6.33. The third-order valence-corrected chi connectivity index (χ3v) is 3.13. The summed E-state index contributed by atoms with van der Waals surface area (Å²) >= 11 is 5.85. The van der Waals surface area contributed by atoms with E-state index in [9.17, 15) is 13.2 Å². The van der Waals surface area contributed by atoms with Gasteiger partial charge in [-0.2, -0.15) is 13.2 Å². The number of para-hydroxylation sites is 1. The average molecular weight is 301 g/mol. The van der Waals surface area contributed by atoms with Crippen LogP contribution in [0.4, 0.5) is 24.5 Å². The van der Waals surface area contributed by atoms with E-state index in [1.807, 2.05) is 18.2 Å². The van der Waals surface area contributed by atoms with Crippen molar-refractivity contribution in [1.29, 1.82) is 0 Å². The molecule has 0 saturated heterocycles. The lowest BCUT2D eigenvalue weighted by Crippen LogP contribution is -2.06. The Bertz CT molecular complexity index is 612. The third-order valence-electron chi connectivity index (χ3n) is 2.82. The van der Waals surface area contributed by atoms with Crippen LogP contribution in [0, 0.1) is 0 Å². The van der Waals surface area contributed by atoms with Crippen molar-refractivity contribution in [2.45, 2.75) is 12.7 Å². The molecule has 20 heavy (non-hydrogen) atoms. The van der Waals surface area contributed by atoms with E-state index in [-0.39, 0.29) is 5.02 Å². The zero-order valence-electron chi connectivity index (χ0n) is 10.3. The van der Waals surface area contributed by atoms with Crippen LogP contribution in [0.2, 0.25) is 5.02 Å². The van der Waals surface area contributed by atoms with Crippen molar-refractivity contribution in [1.82, 2.24) is 0 Å². The Balaban J connectivity index is 2.13. The van der Waals surface area contributed by atoms with Crippen LogP contribution in [0.15, 0.2) is 42.5 Å². The molecule has 0 aliphatic rings. The van der Waals surface area contributed by atoms with E-state index in [4.69, 9.17) is 17.3 Å². The largest absolute Gasteiger partial charge is 0.416 e. The van der Waals surface area contributed by atoms with Crippen molar-refractivity contribution in [3.05, 3.63) is 58.6 Å². The second-order valence-corrected chi connectivity index (χ2v) is 4.65. The number of halogens is 4. The van der Waals surface area contributed by atoms with E-state index < -0.39 is 11.7 Å². The predicted octanol–water partition coefficient (Wildman–Crippen LogP) is 4.55. The molecule has 0 aliphatic heterocycles. The lowest BCUT2D eigenvalue weighted by atomic mass is 10.1. The van der Waals surface area contributed by atoms with Gasteiger partial charge in [-0.3, -0.25) is 0 Å². The fourth-order valence-corrected chi connectivity index (χ4v) is 1.97. The maximum absolute atomic E-state index is 12.5. The molecule has 2 nitrogen and oxygen atoms in total. The summed E-state index contributed by atoms with van der Waals surface area (Å²) in [4.78, 5) is 0. The van der Waals surface area contributed by atoms with Crippen LogP contribution in [0.5, 0.6) is 0 Å². The van der Waals surface area contributed by atoms with Crippen molar-refractivity contribution in [3.63, 3.8) is 0 Å². The van der Waals surface area contributed by atoms with Gasteiger partial charge in [0.15, 0.2) is 0 Å². The highest BCUT2D eigenvalue weighted by atomic mass is 35.5. The molecule has 2 aromatic rings. The molecule has 0 atom stereocenters. The lowest BCUT2D eigenvalue weighted by molar-refractivity contribution is -0.137. The van der Waals surface area contributed by atoms with Gasteiger partial charge >= 0.3 is 6.18 Å². The molecule has 0 spiro atoms. The summed E-state index contributed by atoms with van der Waals surface area (Å²) in [7, 11) is 0. The monoisotopic (exact) mass is 300 g/mol. The van der Waals surface area contributed by atoms with Crippen LogP contribution in [-0.2, 0) is 12.7 Å². The zero-order chi connectivity index (χ0) is 14.8. The van der Waals surface area contributed by atoms with E-state index in [2.05, 4.69) is 5.32 Å². The number of nitrogens with two attached hydrogens (primary N) is 1. The maximum Gasteiger partial charge on any atom is 0.416 e. The summed E-state index contributed by atoms with van der Waals surface area (Å²) in [5.74, 6) is 0. The predicted molar refractivity (Wildman–Crippen MR) is 74.6 cm³/mol. The molecule has 0 radical (unpaired) electrons. The smallest absolute Gasteiger partial charge is 0.398 e. The van der Waals surface area contributed by atoms with Crippen molar-refractivity contribution >= 4 is 23.0 Å². The highest BCUT2D eigenvalue weighted by Gasteiger charge is 2.30. The minimum Gasteiger partial charge on any atom is -0.398 e. The molecule has 0 amide bonds. The molecule has 0 bridgehead atoms. The minimum atomic E-state index is -4.40. The molecule has 2 rings (SSSR count). The van der Waals surface area contributed by atoms with Gasteiger partial charge in [0.2, 0.25) is 0 Å². The van der Waals surface area contributed by atoms with E-state index in [0.29, 0.717) is 17.9 Å². The molecule has 106 valence electrons. The van der Waals surface area contributed by atoms with E-state index in [1.54, 1.807) is 6.07 Å². The fraction of sp³-hybridized carbons (Fsp3) is 0.143. The van der Waals surface area contributed by atoms with Crippen LogP contribution >= 0.6 is 11.6 Å². The standard InChI is InChI=1S/C14H12ClF3N2/c15-11-7-10(14(16,17)18)5-6-13(11)20-8-9-3-1-2-4-12(9)19/h1-7,20H,8,19H2. The molecule has 0 heterocycles. The molecule has 0 aromatic heterocycles. The van der Waals surface area contributed by atoms with Crippen molar-refractivity contribution in [2.24, 2.45) is 0 Å². The Labute approximate surface area is 119 Å². The topological polar surface area (TPSA) is 38.0 Å². The summed E-state index contributed by atoms with van der Waals surface area (Å²) in [6, 6.07) is 10.4. The number of alkyl halides is 3. The van der Waals surface area contributed by atoms with Gasteiger partial charge in [0, 0.05) is 12.2 Å². The second-order valence-electron chi connectivity index (χ2n) is 4.24. The Hall–Kier alpha value is -1.88. The first kappa shape index (κ1) is 14.5. The summed E-state index contributed by atoms with van der Waals surface area (Å²) in [5.41, 5.74) is 6.91. The second kappa shape index (κ2) is 5.63. The van der Waals surface area contributed by atoms with Crippen molar-refractivity contribution < 1.29 is 13.2 Å². The number of hydrogen-bond acceptors (Lipinski definition) is 2. The number of hydrogen-bond donors (Lipinski definition) is 2. The van der Waals surface area contributed by atoms with Crippen molar-refractivity contribution in [3.8, 4) is 0 Å². The molecular weight excluding hydrogens is 289 g/mol. The zero-order valence-corrected chi connectivity index (χ0v) is 11.1. The van der Waals surface area contributed by atoms with Gasteiger partial charge in [0.1, 0.15) is 0 Å². The molecule has 0 unspecified atom stereocenters. The normalized spacial score (nSPS) is 11.4. The Kier molecular flexibility index (Phi) is 4.09. The van der Waals surface area contributed by atoms with Gasteiger partial charge in [-0.1, -0.05) is 29.8 Å². The van der Waals surface area contributed by atoms with Crippen LogP contribution in [-0.4, -0.2) is 0 Å². The Morgan fingerprint density at radius 3 is 2.40 bits per heavy atom. The van der Waals surface area contributed by atoms with Crippen molar-refractivity contribution in [2.75, 3.05) is 11.1 Å². The summed E-state index contributed by atoms with van der Waals surface area (Å²) in [6.45, 7) is 0.387. The minimum absolute atomic E-state index is 0.0225. The number of anilines is 2. The van der Waals surface area contributed by atoms with E-state index >= 15 is 0 Å². The van der Waals surface area contributed by atoms with Crippen LogP contribution in [0.1, 0.15) is 11.1 Å². The van der Waals surface area contributed by atoms with Gasteiger partial charge in [0.25, 0.3) is 0 Å². The van der Waals surface area contributed by atoms with Gasteiger partial charge in [-0.25, -0.2) is 0 Å².